The van der Waals surface area contributed by atoms with Gasteiger partial charge in [0.15, 0.2) is 0 Å². The van der Waals surface area contributed by atoms with E-state index in [9.17, 15) is 4.79 Å². The molecule has 1 aliphatic rings. The van der Waals surface area contributed by atoms with Crippen LogP contribution in [0.4, 0.5) is 11.4 Å². The lowest BCUT2D eigenvalue weighted by Crippen LogP contribution is -2.44. The molecule has 1 fully saturated rings. The molecule has 23 heavy (non-hydrogen) atoms. The van der Waals surface area contributed by atoms with Gasteiger partial charge in [0.2, 0.25) is 5.91 Å². The van der Waals surface area contributed by atoms with Crippen LogP contribution in [0, 0.1) is 0 Å². The number of carbonyl (C=O) groups excluding carboxylic acids is 1. The average Bonchev–Trinajstić information content (AvgIpc) is 2.56. The van der Waals surface area contributed by atoms with E-state index in [1.807, 2.05) is 6.92 Å². The fourth-order valence-corrected chi connectivity index (χ4v) is 2.62. The van der Waals surface area contributed by atoms with Gasteiger partial charge in [-0.1, -0.05) is 6.92 Å². The van der Waals surface area contributed by atoms with Gasteiger partial charge in [-0.05, 0) is 44.7 Å². The smallest absolute Gasteiger partial charge is 0.221 e. The first-order chi connectivity index (χ1) is 11.1. The Morgan fingerprint density at radius 1 is 1.17 bits per heavy atom. The zero-order chi connectivity index (χ0) is 16.7. The van der Waals surface area contributed by atoms with E-state index in [-0.39, 0.29) is 11.9 Å². The Bertz CT molecular complexity index is 480. The minimum absolute atomic E-state index is 0.112. The van der Waals surface area contributed by atoms with Crippen LogP contribution in [0.5, 0.6) is 0 Å². The van der Waals surface area contributed by atoms with Crippen molar-refractivity contribution in [3.8, 4) is 0 Å². The minimum Gasteiger partial charge on any atom is -0.385 e. The lowest BCUT2D eigenvalue weighted by Gasteiger charge is -2.34. The van der Waals surface area contributed by atoms with Crippen LogP contribution >= 0.6 is 0 Å². The number of hydrogen-bond donors (Lipinski definition) is 2. The van der Waals surface area contributed by atoms with Crippen LogP contribution in [-0.4, -0.2) is 56.6 Å². The predicted octanol–water partition coefficient (Wildman–Crippen LogP) is 2.16. The predicted molar refractivity (Wildman–Crippen MR) is 97.2 cm³/mol. The quantitative estimate of drug-likeness (QED) is 0.809. The summed E-state index contributed by atoms with van der Waals surface area (Å²) in [6.45, 7) is 9.17. The molecule has 2 rings (SSSR count). The average molecular weight is 318 g/mol. The molecular weight excluding hydrogens is 288 g/mol. The van der Waals surface area contributed by atoms with Crippen molar-refractivity contribution in [2.75, 3.05) is 50.0 Å². The summed E-state index contributed by atoms with van der Waals surface area (Å²) in [6.07, 6.45) is 1.47. The van der Waals surface area contributed by atoms with Gasteiger partial charge >= 0.3 is 0 Å². The zero-order valence-electron chi connectivity index (χ0n) is 14.6. The highest BCUT2D eigenvalue weighted by Gasteiger charge is 2.13. The summed E-state index contributed by atoms with van der Waals surface area (Å²) < 4.78 is 0. The lowest BCUT2D eigenvalue weighted by molar-refractivity contribution is -0.121. The molecule has 1 atom stereocenters. The van der Waals surface area contributed by atoms with E-state index >= 15 is 0 Å². The maximum Gasteiger partial charge on any atom is 0.221 e. The second-order valence-corrected chi connectivity index (χ2v) is 6.39. The monoisotopic (exact) mass is 318 g/mol. The minimum atomic E-state index is 0.112. The Morgan fingerprint density at radius 3 is 2.43 bits per heavy atom. The van der Waals surface area contributed by atoms with Crippen molar-refractivity contribution in [3.05, 3.63) is 24.3 Å². The third-order valence-electron chi connectivity index (χ3n) is 4.44. The highest BCUT2D eigenvalue weighted by Crippen LogP contribution is 2.19. The van der Waals surface area contributed by atoms with Crippen LogP contribution in [0.15, 0.2) is 24.3 Å². The number of amides is 1. The van der Waals surface area contributed by atoms with Gasteiger partial charge in [-0.15, -0.1) is 0 Å². The zero-order valence-corrected chi connectivity index (χ0v) is 14.6. The van der Waals surface area contributed by atoms with Crippen LogP contribution in [0.2, 0.25) is 0 Å². The summed E-state index contributed by atoms with van der Waals surface area (Å²) in [7, 11) is 2.17. The maximum absolute atomic E-state index is 11.7. The first-order valence-corrected chi connectivity index (χ1v) is 8.65. The Kier molecular flexibility index (Phi) is 6.71. The number of likely N-dealkylation sites (N-methyl/N-ethyl adjacent to an activating group) is 1. The molecule has 0 radical (unpaired) electrons. The molecule has 1 aromatic carbocycles. The SMILES string of the molecule is CCC(C)NC(=O)CCNc1ccc(N2CCN(C)CC2)cc1. The number of benzene rings is 1. The molecule has 128 valence electrons. The number of rotatable bonds is 7. The number of anilines is 2. The van der Waals surface area contributed by atoms with Crippen molar-refractivity contribution in [1.29, 1.82) is 0 Å². The van der Waals surface area contributed by atoms with Crippen molar-refractivity contribution in [3.63, 3.8) is 0 Å². The number of hydrogen-bond acceptors (Lipinski definition) is 4. The number of carbonyl (C=O) groups is 1. The van der Waals surface area contributed by atoms with E-state index in [0.29, 0.717) is 13.0 Å². The van der Waals surface area contributed by atoms with Gasteiger partial charge in [0.05, 0.1) is 0 Å². The molecular formula is C18H30N4O. The van der Waals surface area contributed by atoms with Crippen LogP contribution < -0.4 is 15.5 Å². The first-order valence-electron chi connectivity index (χ1n) is 8.65. The Labute approximate surface area is 140 Å². The van der Waals surface area contributed by atoms with Crippen LogP contribution in [0.25, 0.3) is 0 Å². The normalized spacial score (nSPS) is 16.9. The molecule has 2 N–H and O–H groups in total. The molecule has 1 saturated heterocycles. The van der Waals surface area contributed by atoms with Crippen molar-refractivity contribution in [2.45, 2.75) is 32.7 Å². The van der Waals surface area contributed by atoms with Gasteiger partial charge in [0, 0.05) is 56.6 Å². The van der Waals surface area contributed by atoms with E-state index in [2.05, 4.69) is 58.7 Å². The van der Waals surface area contributed by atoms with Crippen molar-refractivity contribution in [2.24, 2.45) is 0 Å². The topological polar surface area (TPSA) is 47.6 Å². The van der Waals surface area contributed by atoms with Gasteiger partial charge in [-0.3, -0.25) is 4.79 Å². The molecule has 1 aromatic rings. The molecule has 1 amide bonds. The summed E-state index contributed by atoms with van der Waals surface area (Å²) in [5.41, 5.74) is 2.34. The third kappa shape index (κ3) is 5.75. The van der Waals surface area contributed by atoms with Crippen molar-refractivity contribution in [1.82, 2.24) is 10.2 Å². The van der Waals surface area contributed by atoms with Gasteiger partial charge in [-0.2, -0.15) is 0 Å². The van der Waals surface area contributed by atoms with Crippen LogP contribution in [0.1, 0.15) is 26.7 Å². The Balaban J connectivity index is 1.74. The number of nitrogens with zero attached hydrogens (tertiary/aromatic N) is 2. The van der Waals surface area contributed by atoms with Crippen LogP contribution in [0.3, 0.4) is 0 Å². The molecule has 1 unspecified atom stereocenters. The van der Waals surface area contributed by atoms with Crippen LogP contribution in [-0.2, 0) is 4.79 Å². The summed E-state index contributed by atoms with van der Waals surface area (Å²) in [5, 5.41) is 6.30. The van der Waals surface area contributed by atoms with Gasteiger partial charge in [-0.25, -0.2) is 0 Å². The summed E-state index contributed by atoms with van der Waals surface area (Å²) in [5.74, 6) is 0.112. The highest BCUT2D eigenvalue weighted by atomic mass is 16.1. The third-order valence-corrected chi connectivity index (χ3v) is 4.44. The summed E-state index contributed by atoms with van der Waals surface area (Å²) in [4.78, 5) is 16.5. The van der Waals surface area contributed by atoms with Crippen molar-refractivity contribution < 1.29 is 4.79 Å². The molecule has 0 spiro atoms. The second-order valence-electron chi connectivity index (χ2n) is 6.39. The molecule has 0 aromatic heterocycles. The second kappa shape index (κ2) is 8.77. The van der Waals surface area contributed by atoms with E-state index in [4.69, 9.17) is 0 Å². The maximum atomic E-state index is 11.7. The van der Waals surface area contributed by atoms with Gasteiger partial charge < -0.3 is 20.4 Å². The van der Waals surface area contributed by atoms with E-state index in [1.165, 1.54) is 5.69 Å². The van der Waals surface area contributed by atoms with Gasteiger partial charge in [0.25, 0.3) is 0 Å². The molecule has 5 heteroatoms. The first kappa shape index (κ1) is 17.6. The molecule has 0 bridgehead atoms. The fraction of sp³-hybridized carbons (Fsp3) is 0.611. The fourth-order valence-electron chi connectivity index (χ4n) is 2.62. The number of nitrogens with one attached hydrogen (secondary N) is 2. The molecule has 0 saturated carbocycles. The Morgan fingerprint density at radius 2 is 1.83 bits per heavy atom. The summed E-state index contributed by atoms with van der Waals surface area (Å²) in [6, 6.07) is 8.77. The van der Waals surface area contributed by atoms with E-state index in [1.54, 1.807) is 0 Å². The van der Waals surface area contributed by atoms with Gasteiger partial charge in [0.1, 0.15) is 0 Å². The standard InChI is InChI=1S/C18H30N4O/c1-4-15(2)20-18(23)9-10-19-16-5-7-17(8-6-16)22-13-11-21(3)12-14-22/h5-8,15,19H,4,9-14H2,1-3H3,(H,20,23). The molecule has 1 heterocycles. The van der Waals surface area contributed by atoms with Crippen molar-refractivity contribution >= 4 is 17.3 Å². The van der Waals surface area contributed by atoms with E-state index in [0.717, 1.165) is 38.3 Å². The Hall–Kier alpha value is -1.75. The highest BCUT2D eigenvalue weighted by molar-refractivity contribution is 5.76. The molecule has 1 aliphatic heterocycles. The molecule has 0 aliphatic carbocycles. The summed E-state index contributed by atoms with van der Waals surface area (Å²) >= 11 is 0. The number of piperazine rings is 1. The largest absolute Gasteiger partial charge is 0.385 e. The lowest BCUT2D eigenvalue weighted by atomic mass is 10.2. The van der Waals surface area contributed by atoms with E-state index < -0.39 is 0 Å². The molecule has 5 nitrogen and oxygen atoms in total.